The van der Waals surface area contributed by atoms with Gasteiger partial charge in [0.25, 0.3) is 17.7 Å². The maximum absolute atomic E-state index is 13.6. The molecule has 1 aliphatic rings. The maximum atomic E-state index is 13.6. The zero-order valence-electron chi connectivity index (χ0n) is 26.3. The van der Waals surface area contributed by atoms with E-state index in [0.29, 0.717) is 40.4 Å². The minimum absolute atomic E-state index is 0.201. The number of aryl methyl sites for hydroxylation is 2. The fourth-order valence-corrected chi connectivity index (χ4v) is 5.10. The standard InChI is InChI=1S/C34H36BrN3O8/c1-6-13-45-27-12-11-24(18-28(27)43-7-2)38-33(41)25(32(40)37-34(38)42)15-22-16-26(35)31(29(17-22)44-8-3)46-19-30(39)36-23-10-9-20(4)21(5)14-23/h9-12,14-18H,6-8,13,19H2,1-5H3,(H,36,39)(H,37,40,42)/b25-15+. The number of anilines is 2. The van der Waals surface area contributed by atoms with E-state index >= 15 is 0 Å². The van der Waals surface area contributed by atoms with E-state index in [1.165, 1.54) is 12.1 Å². The quantitative estimate of drug-likeness (QED) is 0.157. The van der Waals surface area contributed by atoms with Crippen LogP contribution in [0.15, 0.2) is 58.6 Å². The van der Waals surface area contributed by atoms with Crippen LogP contribution in [0.4, 0.5) is 16.2 Å². The molecule has 0 unspecified atom stereocenters. The minimum atomic E-state index is -0.893. The maximum Gasteiger partial charge on any atom is 0.335 e. The fourth-order valence-electron chi connectivity index (χ4n) is 4.52. The molecule has 1 aliphatic heterocycles. The Kier molecular flexibility index (Phi) is 11.4. The normalized spacial score (nSPS) is 13.8. The Balaban J connectivity index is 1.59. The third-order valence-corrected chi connectivity index (χ3v) is 7.42. The molecule has 46 heavy (non-hydrogen) atoms. The van der Waals surface area contributed by atoms with Crippen molar-refractivity contribution in [2.45, 2.75) is 41.0 Å². The predicted molar refractivity (Wildman–Crippen MR) is 178 cm³/mol. The number of nitrogens with zero attached hydrogens (tertiary/aromatic N) is 1. The number of halogens is 1. The number of hydrogen-bond acceptors (Lipinski definition) is 8. The van der Waals surface area contributed by atoms with Crippen molar-refractivity contribution in [2.24, 2.45) is 0 Å². The van der Waals surface area contributed by atoms with E-state index in [9.17, 15) is 19.2 Å². The van der Waals surface area contributed by atoms with Crippen molar-refractivity contribution in [1.82, 2.24) is 5.32 Å². The number of carbonyl (C=O) groups excluding carboxylic acids is 4. The average molecular weight is 695 g/mol. The molecule has 0 bridgehead atoms. The molecule has 3 aromatic carbocycles. The van der Waals surface area contributed by atoms with Gasteiger partial charge in [-0.15, -0.1) is 0 Å². The number of barbiturate groups is 1. The van der Waals surface area contributed by atoms with Gasteiger partial charge in [-0.1, -0.05) is 13.0 Å². The number of benzene rings is 3. The molecule has 0 saturated carbocycles. The van der Waals surface area contributed by atoms with Crippen molar-refractivity contribution in [3.63, 3.8) is 0 Å². The zero-order chi connectivity index (χ0) is 33.4. The summed E-state index contributed by atoms with van der Waals surface area (Å²) < 4.78 is 23.4. The molecule has 0 spiro atoms. The molecule has 5 amide bonds. The van der Waals surface area contributed by atoms with Gasteiger partial charge >= 0.3 is 6.03 Å². The molecule has 3 aromatic rings. The zero-order valence-corrected chi connectivity index (χ0v) is 27.9. The summed E-state index contributed by atoms with van der Waals surface area (Å²) in [4.78, 5) is 52.8. The summed E-state index contributed by atoms with van der Waals surface area (Å²) in [5.74, 6) is -0.655. The Morgan fingerprint density at radius 1 is 0.870 bits per heavy atom. The lowest BCUT2D eigenvalue weighted by Gasteiger charge is -2.27. The molecule has 11 nitrogen and oxygen atoms in total. The van der Waals surface area contributed by atoms with E-state index in [0.717, 1.165) is 22.4 Å². The van der Waals surface area contributed by atoms with Gasteiger partial charge in [0.1, 0.15) is 5.57 Å². The third kappa shape index (κ3) is 8.05. The summed E-state index contributed by atoms with van der Waals surface area (Å²) in [5, 5.41) is 5.04. The van der Waals surface area contributed by atoms with E-state index in [-0.39, 0.29) is 41.9 Å². The Bertz CT molecular complexity index is 1690. The van der Waals surface area contributed by atoms with Gasteiger partial charge in [0.2, 0.25) is 0 Å². The first-order valence-corrected chi connectivity index (χ1v) is 15.6. The number of carbonyl (C=O) groups is 4. The SMILES string of the molecule is CCCOc1ccc(N2C(=O)NC(=O)/C(=C\c3cc(Br)c(OCC(=O)Nc4ccc(C)c(C)c4)c(OCC)c3)C2=O)cc1OCC. The first kappa shape index (κ1) is 34.0. The molecule has 0 atom stereocenters. The number of ether oxygens (including phenoxy) is 4. The van der Waals surface area contributed by atoms with Gasteiger partial charge in [0, 0.05) is 11.8 Å². The number of amides is 5. The second-order valence-electron chi connectivity index (χ2n) is 10.3. The Labute approximate surface area is 276 Å². The number of hydrogen-bond donors (Lipinski definition) is 2. The summed E-state index contributed by atoms with van der Waals surface area (Å²) >= 11 is 3.46. The highest BCUT2D eigenvalue weighted by Crippen LogP contribution is 2.38. The number of imide groups is 2. The summed E-state index contributed by atoms with van der Waals surface area (Å²) in [7, 11) is 0. The molecular formula is C34H36BrN3O8. The summed E-state index contributed by atoms with van der Waals surface area (Å²) in [6.07, 6.45) is 2.14. The molecule has 12 heteroatoms. The van der Waals surface area contributed by atoms with Crippen molar-refractivity contribution >= 4 is 57.1 Å². The molecule has 2 N–H and O–H groups in total. The van der Waals surface area contributed by atoms with Crippen molar-refractivity contribution in [1.29, 1.82) is 0 Å². The van der Waals surface area contributed by atoms with E-state index in [1.54, 1.807) is 38.1 Å². The molecule has 1 heterocycles. The topological polar surface area (TPSA) is 132 Å². The third-order valence-electron chi connectivity index (χ3n) is 6.83. The smallest absolute Gasteiger partial charge is 0.335 e. The van der Waals surface area contributed by atoms with E-state index in [1.807, 2.05) is 39.0 Å². The van der Waals surface area contributed by atoms with Crippen molar-refractivity contribution in [2.75, 3.05) is 36.6 Å². The highest BCUT2D eigenvalue weighted by Gasteiger charge is 2.37. The van der Waals surface area contributed by atoms with Gasteiger partial charge in [-0.25, -0.2) is 9.69 Å². The highest BCUT2D eigenvalue weighted by molar-refractivity contribution is 9.10. The minimum Gasteiger partial charge on any atom is -0.490 e. The van der Waals surface area contributed by atoms with Crippen LogP contribution in [0, 0.1) is 13.8 Å². The lowest BCUT2D eigenvalue weighted by atomic mass is 10.1. The predicted octanol–water partition coefficient (Wildman–Crippen LogP) is 6.34. The van der Waals surface area contributed by atoms with Crippen molar-refractivity contribution in [3.05, 3.63) is 75.3 Å². The van der Waals surface area contributed by atoms with Crippen LogP contribution in [0.3, 0.4) is 0 Å². The van der Waals surface area contributed by atoms with Crippen LogP contribution in [0.5, 0.6) is 23.0 Å². The molecule has 1 fully saturated rings. The van der Waals surface area contributed by atoms with E-state index in [4.69, 9.17) is 18.9 Å². The van der Waals surface area contributed by atoms with E-state index < -0.39 is 17.8 Å². The van der Waals surface area contributed by atoms with Gasteiger partial charge in [0.15, 0.2) is 29.6 Å². The summed E-state index contributed by atoms with van der Waals surface area (Å²) in [6.45, 7) is 10.3. The lowest BCUT2D eigenvalue weighted by Crippen LogP contribution is -2.54. The molecule has 242 valence electrons. The van der Waals surface area contributed by atoms with Crippen LogP contribution in [-0.2, 0) is 14.4 Å². The molecule has 0 radical (unpaired) electrons. The average Bonchev–Trinajstić information content (AvgIpc) is 3.00. The summed E-state index contributed by atoms with van der Waals surface area (Å²) in [6, 6.07) is 12.6. The Morgan fingerprint density at radius 3 is 2.30 bits per heavy atom. The van der Waals surface area contributed by atoms with Crippen molar-refractivity contribution in [3.8, 4) is 23.0 Å². The van der Waals surface area contributed by atoms with Crippen molar-refractivity contribution < 1.29 is 38.1 Å². The molecular weight excluding hydrogens is 658 g/mol. The number of rotatable bonds is 13. The Hall–Kier alpha value is -4.84. The van der Waals surface area contributed by atoms with E-state index in [2.05, 4.69) is 26.6 Å². The van der Waals surface area contributed by atoms with Crippen LogP contribution < -0.4 is 34.5 Å². The van der Waals surface area contributed by atoms with Gasteiger partial charge < -0.3 is 24.3 Å². The van der Waals surface area contributed by atoms with Gasteiger partial charge in [-0.2, -0.15) is 0 Å². The summed E-state index contributed by atoms with van der Waals surface area (Å²) in [5.41, 5.74) is 3.15. The molecule has 4 rings (SSSR count). The molecule has 0 aromatic heterocycles. The van der Waals surface area contributed by atoms with Crippen LogP contribution in [0.1, 0.15) is 43.9 Å². The lowest BCUT2D eigenvalue weighted by molar-refractivity contribution is -0.122. The second-order valence-corrected chi connectivity index (χ2v) is 11.1. The largest absolute Gasteiger partial charge is 0.490 e. The van der Waals surface area contributed by atoms with Crippen LogP contribution in [0.2, 0.25) is 0 Å². The monoisotopic (exact) mass is 693 g/mol. The molecule has 1 saturated heterocycles. The first-order chi connectivity index (χ1) is 22.1. The second kappa shape index (κ2) is 15.4. The fraction of sp³-hybridized carbons (Fsp3) is 0.294. The van der Waals surface area contributed by atoms with Gasteiger partial charge in [0.05, 0.1) is 30.0 Å². The highest BCUT2D eigenvalue weighted by atomic mass is 79.9. The number of nitrogens with one attached hydrogen (secondary N) is 2. The van der Waals surface area contributed by atoms with Crippen LogP contribution in [-0.4, -0.2) is 50.2 Å². The first-order valence-electron chi connectivity index (χ1n) is 14.8. The van der Waals surface area contributed by atoms with Crippen LogP contribution >= 0.6 is 15.9 Å². The van der Waals surface area contributed by atoms with Crippen LogP contribution in [0.25, 0.3) is 6.08 Å². The van der Waals surface area contributed by atoms with Gasteiger partial charge in [-0.3, -0.25) is 19.7 Å². The molecule has 0 aliphatic carbocycles. The Morgan fingerprint density at radius 2 is 1.61 bits per heavy atom. The number of urea groups is 1. The van der Waals surface area contributed by atoms with Gasteiger partial charge in [-0.05, 0) is 109 Å².